The maximum absolute atomic E-state index is 12.1. The molecule has 1 amide bonds. The van der Waals surface area contributed by atoms with Gasteiger partial charge in [0.15, 0.2) is 5.13 Å². The van der Waals surface area contributed by atoms with Crippen LogP contribution < -0.4 is 10.6 Å². The Kier molecular flexibility index (Phi) is 5.13. The fraction of sp³-hybridized carbons (Fsp3) is 0.615. The van der Waals surface area contributed by atoms with Crippen LogP contribution in [0.3, 0.4) is 0 Å². The molecule has 0 spiro atoms. The molecule has 0 aromatic carbocycles. The summed E-state index contributed by atoms with van der Waals surface area (Å²) < 4.78 is 0. The van der Waals surface area contributed by atoms with Gasteiger partial charge in [-0.25, -0.2) is 4.98 Å². The highest BCUT2D eigenvalue weighted by Crippen LogP contribution is 2.21. The Morgan fingerprint density at radius 3 is 2.81 bits per heavy atom. The molecule has 0 radical (unpaired) electrons. The first-order valence-corrected chi connectivity index (χ1v) is 7.78. The van der Waals surface area contributed by atoms with E-state index < -0.39 is 12.0 Å². The van der Waals surface area contributed by atoms with Gasteiger partial charge in [0.05, 0.1) is 18.2 Å². The molecule has 1 aliphatic rings. The van der Waals surface area contributed by atoms with Crippen molar-refractivity contribution in [1.29, 1.82) is 0 Å². The number of aliphatic carboxylic acids is 1. The number of aryl methyl sites for hydroxylation is 1. The molecule has 116 valence electrons. The number of hydrogen-bond donors (Lipinski definition) is 2. The van der Waals surface area contributed by atoms with Gasteiger partial charge in [0.1, 0.15) is 0 Å². The highest BCUT2D eigenvalue weighted by Gasteiger charge is 2.25. The minimum absolute atomic E-state index is 0.283. The molecular formula is C13H20N4O3S. The third-order valence-corrected chi connectivity index (χ3v) is 4.42. The average Bonchev–Trinajstić information content (AvgIpc) is 2.72. The monoisotopic (exact) mass is 312 g/mol. The van der Waals surface area contributed by atoms with Crippen molar-refractivity contribution in [1.82, 2.24) is 9.88 Å². The molecule has 2 rings (SSSR count). The van der Waals surface area contributed by atoms with Crippen molar-refractivity contribution in [2.45, 2.75) is 25.8 Å². The van der Waals surface area contributed by atoms with E-state index in [2.05, 4.69) is 9.88 Å². The lowest BCUT2D eigenvalue weighted by Gasteiger charge is -2.24. The van der Waals surface area contributed by atoms with Gasteiger partial charge in [0, 0.05) is 31.6 Å². The van der Waals surface area contributed by atoms with Gasteiger partial charge in [-0.1, -0.05) is 0 Å². The lowest BCUT2D eigenvalue weighted by Crippen LogP contribution is -2.46. The largest absolute Gasteiger partial charge is 0.481 e. The molecule has 1 atom stereocenters. The number of carboxylic acid groups (broad SMARTS) is 1. The van der Waals surface area contributed by atoms with Gasteiger partial charge in [-0.3, -0.25) is 9.59 Å². The van der Waals surface area contributed by atoms with Gasteiger partial charge in [-0.15, -0.1) is 11.3 Å². The van der Waals surface area contributed by atoms with Crippen LogP contribution >= 0.6 is 11.3 Å². The number of carbonyl (C=O) groups is 2. The van der Waals surface area contributed by atoms with E-state index >= 15 is 0 Å². The van der Waals surface area contributed by atoms with E-state index in [0.29, 0.717) is 19.6 Å². The Labute approximate surface area is 127 Å². The summed E-state index contributed by atoms with van der Waals surface area (Å²) in [4.78, 5) is 31.1. The topological polar surface area (TPSA) is 99.8 Å². The second-order valence-corrected chi connectivity index (χ2v) is 5.98. The van der Waals surface area contributed by atoms with Crippen molar-refractivity contribution in [3.63, 3.8) is 0 Å². The number of carboxylic acids is 1. The van der Waals surface area contributed by atoms with Crippen molar-refractivity contribution in [3.8, 4) is 0 Å². The SMILES string of the molecule is Cc1csc(N2CCCN(C(=O)[C@@H](N)CC(=O)O)CC2)n1. The first kappa shape index (κ1) is 15.7. The van der Waals surface area contributed by atoms with E-state index in [9.17, 15) is 9.59 Å². The summed E-state index contributed by atoms with van der Waals surface area (Å²) in [7, 11) is 0. The first-order chi connectivity index (χ1) is 9.97. The zero-order valence-electron chi connectivity index (χ0n) is 12.0. The summed E-state index contributed by atoms with van der Waals surface area (Å²) in [6.45, 7) is 4.64. The molecule has 1 aromatic heterocycles. The minimum atomic E-state index is -1.05. The summed E-state index contributed by atoms with van der Waals surface area (Å²) in [6.07, 6.45) is 0.495. The molecule has 8 heteroatoms. The summed E-state index contributed by atoms with van der Waals surface area (Å²) in [5.41, 5.74) is 6.65. The smallest absolute Gasteiger partial charge is 0.305 e. The van der Waals surface area contributed by atoms with Crippen LogP contribution in [-0.2, 0) is 9.59 Å². The average molecular weight is 312 g/mol. The van der Waals surface area contributed by atoms with Crippen LogP contribution in [0, 0.1) is 6.92 Å². The highest BCUT2D eigenvalue weighted by molar-refractivity contribution is 7.13. The third-order valence-electron chi connectivity index (χ3n) is 3.40. The fourth-order valence-electron chi connectivity index (χ4n) is 2.33. The molecule has 2 heterocycles. The van der Waals surface area contributed by atoms with Gasteiger partial charge < -0.3 is 20.6 Å². The van der Waals surface area contributed by atoms with Gasteiger partial charge >= 0.3 is 5.97 Å². The molecule has 0 unspecified atom stereocenters. The van der Waals surface area contributed by atoms with Crippen molar-refractivity contribution in [2.75, 3.05) is 31.1 Å². The lowest BCUT2D eigenvalue weighted by atomic mass is 10.2. The van der Waals surface area contributed by atoms with Crippen LogP contribution in [0.25, 0.3) is 0 Å². The maximum Gasteiger partial charge on any atom is 0.305 e. The van der Waals surface area contributed by atoms with Crippen LogP contribution in [0.1, 0.15) is 18.5 Å². The minimum Gasteiger partial charge on any atom is -0.481 e. The van der Waals surface area contributed by atoms with E-state index in [-0.39, 0.29) is 12.3 Å². The van der Waals surface area contributed by atoms with Crippen molar-refractivity contribution in [2.24, 2.45) is 5.73 Å². The Hall–Kier alpha value is -1.67. The number of aromatic nitrogens is 1. The molecule has 1 aromatic rings. The van der Waals surface area contributed by atoms with Gasteiger partial charge in [0.2, 0.25) is 5.91 Å². The van der Waals surface area contributed by atoms with Crippen LogP contribution in [0.2, 0.25) is 0 Å². The van der Waals surface area contributed by atoms with Crippen LogP contribution in [0.4, 0.5) is 5.13 Å². The molecule has 0 aliphatic carbocycles. The highest BCUT2D eigenvalue weighted by atomic mass is 32.1. The number of thiazole rings is 1. The zero-order chi connectivity index (χ0) is 15.4. The Bertz CT molecular complexity index is 519. The molecular weight excluding hydrogens is 292 g/mol. The van der Waals surface area contributed by atoms with Crippen LogP contribution in [-0.4, -0.2) is 59.1 Å². The van der Waals surface area contributed by atoms with E-state index in [4.69, 9.17) is 10.8 Å². The van der Waals surface area contributed by atoms with Gasteiger partial charge in [0.25, 0.3) is 0 Å². The molecule has 0 saturated carbocycles. The van der Waals surface area contributed by atoms with Gasteiger partial charge in [-0.2, -0.15) is 0 Å². The van der Waals surface area contributed by atoms with Crippen molar-refractivity contribution in [3.05, 3.63) is 11.1 Å². The van der Waals surface area contributed by atoms with Crippen LogP contribution in [0.15, 0.2) is 5.38 Å². The molecule has 1 saturated heterocycles. The molecule has 3 N–H and O–H groups in total. The summed E-state index contributed by atoms with van der Waals surface area (Å²) in [5.74, 6) is -1.33. The molecule has 21 heavy (non-hydrogen) atoms. The lowest BCUT2D eigenvalue weighted by molar-refractivity contribution is -0.141. The van der Waals surface area contributed by atoms with Crippen molar-refractivity contribution >= 4 is 28.3 Å². The second-order valence-electron chi connectivity index (χ2n) is 5.14. The van der Waals surface area contributed by atoms with Gasteiger partial charge in [-0.05, 0) is 13.3 Å². The Morgan fingerprint density at radius 1 is 1.43 bits per heavy atom. The third kappa shape index (κ3) is 4.15. The van der Waals surface area contributed by atoms with Crippen LogP contribution in [0.5, 0.6) is 0 Å². The number of anilines is 1. The second kappa shape index (κ2) is 6.86. The van der Waals surface area contributed by atoms with E-state index in [1.807, 2.05) is 12.3 Å². The number of amides is 1. The quantitative estimate of drug-likeness (QED) is 0.829. The predicted molar refractivity (Wildman–Crippen MR) is 80.5 cm³/mol. The summed E-state index contributed by atoms with van der Waals surface area (Å²) >= 11 is 1.60. The standard InChI is InChI=1S/C13H20N4O3S/c1-9-8-21-13(15-9)17-4-2-3-16(5-6-17)12(20)10(14)7-11(18)19/h8,10H,2-7,14H2,1H3,(H,18,19)/t10-/m0/s1. The Morgan fingerprint density at radius 2 is 2.19 bits per heavy atom. The van der Waals surface area contributed by atoms with Crippen molar-refractivity contribution < 1.29 is 14.7 Å². The van der Waals surface area contributed by atoms with E-state index in [1.54, 1.807) is 16.2 Å². The van der Waals surface area contributed by atoms with E-state index in [1.165, 1.54) is 0 Å². The number of carbonyl (C=O) groups excluding carboxylic acids is 1. The Balaban J connectivity index is 1.94. The first-order valence-electron chi connectivity index (χ1n) is 6.90. The molecule has 1 fully saturated rings. The number of hydrogen-bond acceptors (Lipinski definition) is 6. The maximum atomic E-state index is 12.1. The molecule has 7 nitrogen and oxygen atoms in total. The van der Waals surface area contributed by atoms with E-state index in [0.717, 1.165) is 23.8 Å². The fourth-order valence-corrected chi connectivity index (χ4v) is 3.18. The summed E-state index contributed by atoms with van der Waals surface area (Å²) in [6, 6.07) is -0.962. The zero-order valence-corrected chi connectivity index (χ0v) is 12.8. The number of nitrogens with two attached hydrogens (primary N) is 1. The predicted octanol–water partition coefficient (Wildman–Crippen LogP) is 0.292. The summed E-state index contributed by atoms with van der Waals surface area (Å²) in [5, 5.41) is 11.7. The molecule has 0 bridgehead atoms. The normalized spacial score (nSPS) is 17.4. The molecule has 1 aliphatic heterocycles. The number of rotatable bonds is 4. The number of nitrogens with zero attached hydrogens (tertiary/aromatic N) is 3.